The van der Waals surface area contributed by atoms with Crippen molar-refractivity contribution in [2.24, 2.45) is 13.0 Å². The first-order valence-corrected chi connectivity index (χ1v) is 19.7. The number of esters is 1. The van der Waals surface area contributed by atoms with Crippen molar-refractivity contribution in [1.82, 2.24) is 24.5 Å². The van der Waals surface area contributed by atoms with E-state index in [4.69, 9.17) is 26.2 Å². The highest BCUT2D eigenvalue weighted by Gasteiger charge is 2.59. The maximum Gasteiger partial charge on any atom is 0.354 e. The van der Waals surface area contributed by atoms with Gasteiger partial charge in [0.25, 0.3) is 0 Å². The van der Waals surface area contributed by atoms with Gasteiger partial charge < -0.3 is 14.0 Å². The number of hydrogen-bond donors (Lipinski definition) is 1. The molecule has 0 amide bonds. The average molecular weight is 724 g/mol. The second-order valence-electron chi connectivity index (χ2n) is 14.0. The zero-order valence-corrected chi connectivity index (χ0v) is 30.7. The molecular formula is C39H38ClN5O3S2. The Morgan fingerprint density at radius 2 is 1.90 bits per heavy atom. The number of aromatic amines is 1. The fraction of sp³-hybridized carbons (Fsp3) is 0.359. The summed E-state index contributed by atoms with van der Waals surface area (Å²) in [4.78, 5) is 14.6. The molecule has 8 nitrogen and oxygen atoms in total. The third-order valence-corrected chi connectivity index (χ3v) is 13.2. The number of rotatable bonds is 2. The van der Waals surface area contributed by atoms with Crippen molar-refractivity contribution in [3.8, 4) is 16.9 Å². The number of fused-ring (bicyclic) bond motifs is 8. The van der Waals surface area contributed by atoms with Crippen LogP contribution in [0.1, 0.15) is 64.5 Å². The Balaban J connectivity index is 1.19. The number of thioether (sulfide) groups is 2. The average Bonchev–Trinajstić information content (AvgIpc) is 3.74. The van der Waals surface area contributed by atoms with Crippen molar-refractivity contribution < 1.29 is 14.3 Å². The molecule has 3 aromatic carbocycles. The summed E-state index contributed by atoms with van der Waals surface area (Å²) in [5, 5.41) is 17.1. The molecule has 0 spiro atoms. The lowest BCUT2D eigenvalue weighted by Crippen LogP contribution is -2.60. The van der Waals surface area contributed by atoms with Crippen LogP contribution in [0.2, 0.25) is 5.02 Å². The molecule has 1 aliphatic heterocycles. The van der Waals surface area contributed by atoms with E-state index in [0.717, 1.165) is 89.3 Å². The quantitative estimate of drug-likeness (QED) is 0.178. The van der Waals surface area contributed by atoms with Gasteiger partial charge in [-0.3, -0.25) is 9.78 Å². The third kappa shape index (κ3) is 5.16. The van der Waals surface area contributed by atoms with Crippen molar-refractivity contribution in [2.75, 3.05) is 13.7 Å². The van der Waals surface area contributed by atoms with Crippen LogP contribution in [0.4, 0.5) is 0 Å². The molecule has 3 saturated carbocycles. The van der Waals surface area contributed by atoms with Crippen LogP contribution in [-0.2, 0) is 41.0 Å². The number of nitrogens with one attached hydrogen (secondary N) is 1. The van der Waals surface area contributed by atoms with E-state index < -0.39 is 0 Å². The molecule has 4 aliphatic rings. The number of ether oxygens (including phenoxy) is 2. The largest absolute Gasteiger partial charge is 0.493 e. The second-order valence-corrected chi connectivity index (χ2v) is 16.4. The molecule has 10 rings (SSSR count). The van der Waals surface area contributed by atoms with Gasteiger partial charge in [-0.2, -0.15) is 10.2 Å². The summed E-state index contributed by atoms with van der Waals surface area (Å²) in [5.41, 5.74) is 8.81. The SMILES string of the molecule is COC(=O)c1c2c3ccc(Cl)c(c3n1C)-c1c(C)nn(C34CC(C3)C4)c1CSCc1cc([nH]n1)CSc1cc(c3ccccc3c1)OCCC2. The standard InChI is InChI=1S/C39H38ClN5O3S2/c1-22-34-32(45(43-22)39-16-23(17-39)18-39)21-49-19-25-14-26(42-41-25)20-50-27-13-24-7-4-5-8-28(24)33(15-27)48-12-6-9-29-30-10-11-31(40)35(34)36(30)44(2)37(29)38(46)47-3/h4-5,7-8,10-11,13-15,23H,6,9,12,16-21H2,1-3H3,(H,41,42). The maximum absolute atomic E-state index is 13.5. The molecule has 4 heterocycles. The molecule has 256 valence electrons. The topological polar surface area (TPSA) is 87.0 Å². The molecule has 50 heavy (non-hydrogen) atoms. The van der Waals surface area contributed by atoms with Crippen LogP contribution in [0.15, 0.2) is 59.5 Å². The molecule has 3 aliphatic carbocycles. The van der Waals surface area contributed by atoms with Crippen LogP contribution in [0.5, 0.6) is 5.75 Å². The van der Waals surface area contributed by atoms with Gasteiger partial charge in [-0.1, -0.05) is 41.9 Å². The lowest BCUT2D eigenvalue weighted by Gasteiger charge is -2.61. The van der Waals surface area contributed by atoms with Gasteiger partial charge in [-0.25, -0.2) is 4.79 Å². The molecule has 3 fully saturated rings. The summed E-state index contributed by atoms with van der Waals surface area (Å²) in [7, 11) is 3.40. The second kappa shape index (κ2) is 12.4. The zero-order chi connectivity index (χ0) is 34.1. The normalized spacial score (nSPS) is 20.4. The summed E-state index contributed by atoms with van der Waals surface area (Å²) in [5.74, 6) is 3.64. The first-order valence-electron chi connectivity index (χ1n) is 17.2. The molecule has 0 atom stereocenters. The monoisotopic (exact) mass is 723 g/mol. The van der Waals surface area contributed by atoms with E-state index >= 15 is 0 Å². The van der Waals surface area contributed by atoms with Crippen LogP contribution in [0.25, 0.3) is 32.8 Å². The summed E-state index contributed by atoms with van der Waals surface area (Å²) in [6, 6.07) is 18.9. The maximum atomic E-state index is 13.5. The molecular weight excluding hydrogens is 686 g/mol. The van der Waals surface area contributed by atoms with Gasteiger partial charge in [0.1, 0.15) is 11.4 Å². The van der Waals surface area contributed by atoms with Crippen molar-refractivity contribution in [3.05, 3.63) is 93.7 Å². The van der Waals surface area contributed by atoms with Crippen molar-refractivity contribution in [1.29, 1.82) is 0 Å². The highest BCUT2D eigenvalue weighted by atomic mass is 35.5. The molecule has 3 aromatic heterocycles. The predicted octanol–water partition coefficient (Wildman–Crippen LogP) is 9.23. The summed E-state index contributed by atoms with van der Waals surface area (Å²) in [6.07, 6.45) is 4.91. The first kappa shape index (κ1) is 32.1. The van der Waals surface area contributed by atoms with Crippen LogP contribution >= 0.6 is 35.1 Å². The number of nitrogens with zero attached hydrogens (tertiary/aromatic N) is 4. The molecule has 11 heteroatoms. The Morgan fingerprint density at radius 1 is 1.06 bits per heavy atom. The van der Waals surface area contributed by atoms with Gasteiger partial charge in [0.05, 0.1) is 46.9 Å². The lowest BCUT2D eigenvalue weighted by molar-refractivity contribution is -0.0993. The van der Waals surface area contributed by atoms with Gasteiger partial charge in [0.2, 0.25) is 0 Å². The van der Waals surface area contributed by atoms with E-state index in [0.29, 0.717) is 30.2 Å². The fourth-order valence-electron chi connectivity index (χ4n) is 8.42. The number of carbonyl (C=O) groups excluding carboxylic acids is 1. The Kier molecular flexibility index (Phi) is 7.97. The van der Waals surface area contributed by atoms with Gasteiger partial charge in [0, 0.05) is 56.8 Å². The van der Waals surface area contributed by atoms with Crippen LogP contribution in [0, 0.1) is 12.8 Å². The van der Waals surface area contributed by atoms with Crippen LogP contribution < -0.4 is 4.74 Å². The molecule has 6 aromatic rings. The zero-order valence-electron chi connectivity index (χ0n) is 28.3. The number of halogens is 1. The van der Waals surface area contributed by atoms with Gasteiger partial charge in [-0.05, 0) is 80.2 Å². The molecule has 0 unspecified atom stereocenters. The highest BCUT2D eigenvalue weighted by molar-refractivity contribution is 7.98. The van der Waals surface area contributed by atoms with Gasteiger partial charge in [-0.15, -0.1) is 23.5 Å². The number of benzene rings is 3. The van der Waals surface area contributed by atoms with Gasteiger partial charge in [0.15, 0.2) is 0 Å². The van der Waals surface area contributed by atoms with E-state index in [-0.39, 0.29) is 11.5 Å². The predicted molar refractivity (Wildman–Crippen MR) is 201 cm³/mol. The third-order valence-electron chi connectivity index (χ3n) is 10.8. The Hall–Kier alpha value is -3.86. The minimum absolute atomic E-state index is 0.102. The number of methoxy groups -OCH3 is 1. The summed E-state index contributed by atoms with van der Waals surface area (Å²) >= 11 is 10.8. The van der Waals surface area contributed by atoms with E-state index in [2.05, 4.69) is 64.3 Å². The lowest BCUT2D eigenvalue weighted by atomic mass is 9.50. The minimum atomic E-state index is -0.359. The molecule has 0 saturated heterocycles. The van der Waals surface area contributed by atoms with Crippen molar-refractivity contribution >= 4 is 62.8 Å². The summed E-state index contributed by atoms with van der Waals surface area (Å²) in [6.45, 7) is 2.59. The van der Waals surface area contributed by atoms with Gasteiger partial charge >= 0.3 is 5.97 Å². The van der Waals surface area contributed by atoms with E-state index in [1.54, 1.807) is 11.8 Å². The smallest absolute Gasteiger partial charge is 0.354 e. The number of H-pyrrole nitrogens is 1. The van der Waals surface area contributed by atoms with E-state index in [9.17, 15) is 4.79 Å². The minimum Gasteiger partial charge on any atom is -0.493 e. The first-order chi connectivity index (χ1) is 24.3. The van der Waals surface area contributed by atoms with Crippen molar-refractivity contribution in [2.45, 2.75) is 66.7 Å². The number of carbonyl (C=O) groups is 1. The Labute approximate surface area is 304 Å². The van der Waals surface area contributed by atoms with Crippen molar-refractivity contribution in [3.63, 3.8) is 0 Å². The number of aryl methyl sites for hydroxylation is 3. The molecule has 1 N–H and O–H groups in total. The molecule has 0 radical (unpaired) electrons. The Morgan fingerprint density at radius 3 is 2.70 bits per heavy atom. The fourth-order valence-corrected chi connectivity index (χ4v) is 10.5. The van der Waals surface area contributed by atoms with Crippen LogP contribution in [-0.4, -0.2) is 44.2 Å². The van der Waals surface area contributed by atoms with Crippen LogP contribution in [0.3, 0.4) is 0 Å². The summed E-state index contributed by atoms with van der Waals surface area (Å²) < 4.78 is 16.2. The number of aromatic nitrogens is 5. The highest BCUT2D eigenvalue weighted by Crippen LogP contribution is 2.63. The number of hydrogen-bond acceptors (Lipinski definition) is 7. The molecule has 10 bridgehead atoms. The van der Waals surface area contributed by atoms with E-state index in [1.165, 1.54) is 32.1 Å². The van der Waals surface area contributed by atoms with E-state index in [1.807, 2.05) is 35.5 Å². The Bertz CT molecular complexity index is 2310.